The summed E-state index contributed by atoms with van der Waals surface area (Å²) >= 11 is 7.32. The molecule has 0 unspecified atom stereocenters. The second kappa shape index (κ2) is 8.64. The van der Waals surface area contributed by atoms with Gasteiger partial charge in [0, 0.05) is 11.6 Å². The highest BCUT2D eigenvalue weighted by molar-refractivity contribution is 7.19. The Morgan fingerprint density at radius 2 is 1.97 bits per heavy atom. The van der Waals surface area contributed by atoms with Gasteiger partial charge in [-0.25, -0.2) is 4.98 Å². The number of carbonyl (C=O) groups is 1. The molecule has 2 heterocycles. The molecule has 0 atom stereocenters. The predicted molar refractivity (Wildman–Crippen MR) is 116 cm³/mol. The van der Waals surface area contributed by atoms with Gasteiger partial charge in [-0.3, -0.25) is 9.59 Å². The smallest absolute Gasteiger partial charge is 0.275 e. The van der Waals surface area contributed by atoms with Crippen LogP contribution in [-0.4, -0.2) is 27.1 Å². The molecule has 0 saturated heterocycles. The van der Waals surface area contributed by atoms with E-state index in [-0.39, 0.29) is 24.6 Å². The fourth-order valence-electron chi connectivity index (χ4n) is 2.70. The number of halogens is 1. The van der Waals surface area contributed by atoms with Gasteiger partial charge in [0.25, 0.3) is 11.5 Å². The Morgan fingerprint density at radius 1 is 1.20 bits per heavy atom. The number of aromatic nitrogens is 3. The van der Waals surface area contributed by atoms with Gasteiger partial charge in [0.1, 0.15) is 10.8 Å². The molecule has 2 aromatic carbocycles. The molecule has 4 aromatic rings. The van der Waals surface area contributed by atoms with Gasteiger partial charge in [0.05, 0.1) is 17.3 Å². The van der Waals surface area contributed by atoms with E-state index in [1.807, 2.05) is 31.2 Å². The Labute approximate surface area is 180 Å². The van der Waals surface area contributed by atoms with E-state index in [2.05, 4.69) is 15.4 Å². The van der Waals surface area contributed by atoms with Crippen LogP contribution in [0.15, 0.2) is 59.4 Å². The van der Waals surface area contributed by atoms with E-state index >= 15 is 0 Å². The first-order valence-electron chi connectivity index (χ1n) is 9.10. The third-order valence-corrected chi connectivity index (χ3v) is 5.53. The van der Waals surface area contributed by atoms with Crippen molar-refractivity contribution >= 4 is 33.8 Å². The van der Waals surface area contributed by atoms with E-state index in [1.54, 1.807) is 24.3 Å². The normalized spacial score (nSPS) is 10.9. The average Bonchev–Trinajstić information content (AvgIpc) is 3.17. The van der Waals surface area contributed by atoms with Crippen LogP contribution in [0.1, 0.15) is 11.3 Å². The number of nitrogens with zero attached hydrogens (tertiary/aromatic N) is 3. The quantitative estimate of drug-likeness (QED) is 0.496. The van der Waals surface area contributed by atoms with Crippen LogP contribution in [-0.2, 0) is 11.3 Å². The van der Waals surface area contributed by atoms with E-state index in [4.69, 9.17) is 16.3 Å². The molecule has 0 aliphatic heterocycles. The Hall–Kier alpha value is -3.23. The van der Waals surface area contributed by atoms with E-state index in [0.717, 1.165) is 11.1 Å². The largest absolute Gasteiger partial charge is 0.482 e. The summed E-state index contributed by atoms with van der Waals surface area (Å²) in [7, 11) is 0. The zero-order chi connectivity index (χ0) is 21.1. The lowest BCUT2D eigenvalue weighted by atomic mass is 10.2. The van der Waals surface area contributed by atoms with Crippen molar-refractivity contribution in [3.05, 3.63) is 81.2 Å². The highest BCUT2D eigenvalue weighted by Crippen LogP contribution is 2.25. The monoisotopic (exact) mass is 440 g/mol. The van der Waals surface area contributed by atoms with Gasteiger partial charge in [-0.1, -0.05) is 64.9 Å². The lowest BCUT2D eigenvalue weighted by Gasteiger charge is -2.08. The molecule has 0 bridgehead atoms. The lowest BCUT2D eigenvalue weighted by Crippen LogP contribution is -2.29. The summed E-state index contributed by atoms with van der Waals surface area (Å²) < 4.78 is 6.67. The number of ether oxygens (including phenoxy) is 1. The van der Waals surface area contributed by atoms with Crippen LogP contribution < -0.4 is 15.6 Å². The molecular formula is C21H17ClN4O3S. The van der Waals surface area contributed by atoms with Crippen molar-refractivity contribution in [1.82, 2.24) is 19.9 Å². The molecule has 0 fully saturated rings. The van der Waals surface area contributed by atoms with Gasteiger partial charge in [-0.05, 0) is 19.1 Å². The second-order valence-electron chi connectivity index (χ2n) is 6.55. The van der Waals surface area contributed by atoms with Crippen LogP contribution in [0.25, 0.3) is 15.5 Å². The summed E-state index contributed by atoms with van der Waals surface area (Å²) in [6, 6.07) is 16.2. The van der Waals surface area contributed by atoms with E-state index in [9.17, 15) is 9.59 Å². The molecule has 0 aliphatic carbocycles. The van der Waals surface area contributed by atoms with Gasteiger partial charge in [-0.15, -0.1) is 0 Å². The van der Waals surface area contributed by atoms with Gasteiger partial charge in [-0.2, -0.15) is 9.61 Å². The van der Waals surface area contributed by atoms with Crippen molar-refractivity contribution in [2.24, 2.45) is 0 Å². The Balaban J connectivity index is 1.44. The highest BCUT2D eigenvalue weighted by atomic mass is 35.5. The number of rotatable bonds is 6. The third-order valence-electron chi connectivity index (χ3n) is 4.26. The average molecular weight is 441 g/mol. The number of hydrogen-bond acceptors (Lipinski definition) is 6. The Kier molecular flexibility index (Phi) is 5.78. The van der Waals surface area contributed by atoms with Crippen LogP contribution in [0, 0.1) is 6.92 Å². The number of carbonyl (C=O) groups excluding carboxylic acids is 1. The van der Waals surface area contributed by atoms with Gasteiger partial charge in [0.15, 0.2) is 6.61 Å². The molecule has 30 heavy (non-hydrogen) atoms. The summed E-state index contributed by atoms with van der Waals surface area (Å²) in [6.45, 7) is 1.92. The fraction of sp³-hybridized carbons (Fsp3) is 0.143. The summed E-state index contributed by atoms with van der Waals surface area (Å²) in [5, 5.41) is 8.19. The number of fused-ring (bicyclic) bond motifs is 1. The molecule has 7 nitrogen and oxygen atoms in total. The summed E-state index contributed by atoms with van der Waals surface area (Å²) in [4.78, 5) is 29.4. The van der Waals surface area contributed by atoms with Crippen molar-refractivity contribution in [1.29, 1.82) is 0 Å². The number of hydrogen-bond donors (Lipinski definition) is 1. The number of aryl methyl sites for hydroxylation is 1. The molecule has 9 heteroatoms. The molecule has 0 aliphatic rings. The first kappa shape index (κ1) is 20.1. The van der Waals surface area contributed by atoms with Crippen LogP contribution in [0.2, 0.25) is 5.02 Å². The predicted octanol–water partition coefficient (Wildman–Crippen LogP) is 3.48. The van der Waals surface area contributed by atoms with E-state index in [1.165, 1.54) is 21.9 Å². The van der Waals surface area contributed by atoms with Crippen molar-refractivity contribution in [2.45, 2.75) is 13.5 Å². The van der Waals surface area contributed by atoms with Crippen LogP contribution in [0.4, 0.5) is 0 Å². The minimum atomic E-state index is -0.346. The maximum absolute atomic E-state index is 12.4. The summed E-state index contributed by atoms with van der Waals surface area (Å²) in [5.41, 5.74) is 2.21. The van der Waals surface area contributed by atoms with Crippen LogP contribution in [0.3, 0.4) is 0 Å². The molecule has 4 rings (SSSR count). The molecule has 152 valence electrons. The number of amides is 1. The van der Waals surface area contributed by atoms with Crippen molar-refractivity contribution < 1.29 is 9.53 Å². The van der Waals surface area contributed by atoms with Gasteiger partial charge < -0.3 is 10.1 Å². The van der Waals surface area contributed by atoms with E-state index in [0.29, 0.717) is 26.4 Å². The zero-order valence-electron chi connectivity index (χ0n) is 16.0. The number of nitrogens with one attached hydrogen (secondary N) is 1. The SMILES string of the molecule is Cc1ccc(-c2nn3c(=O)cc(CNC(=O)COc4ccccc4Cl)nc3s2)cc1. The van der Waals surface area contributed by atoms with Gasteiger partial charge in [0.2, 0.25) is 4.96 Å². The van der Waals surface area contributed by atoms with Crippen molar-refractivity contribution in [3.63, 3.8) is 0 Å². The number of para-hydroxylation sites is 1. The maximum atomic E-state index is 12.4. The first-order valence-corrected chi connectivity index (χ1v) is 10.3. The molecular weight excluding hydrogens is 424 g/mol. The number of benzene rings is 2. The second-order valence-corrected chi connectivity index (χ2v) is 7.91. The molecule has 0 saturated carbocycles. The molecule has 2 aromatic heterocycles. The summed E-state index contributed by atoms with van der Waals surface area (Å²) in [6.07, 6.45) is 0. The minimum absolute atomic E-state index is 0.105. The molecule has 1 amide bonds. The van der Waals surface area contributed by atoms with Crippen LogP contribution >= 0.6 is 22.9 Å². The zero-order valence-corrected chi connectivity index (χ0v) is 17.5. The third kappa shape index (κ3) is 4.50. The Morgan fingerprint density at radius 3 is 2.73 bits per heavy atom. The Bertz CT molecular complexity index is 1270. The van der Waals surface area contributed by atoms with Crippen LogP contribution in [0.5, 0.6) is 5.75 Å². The lowest BCUT2D eigenvalue weighted by molar-refractivity contribution is -0.123. The molecule has 1 N–H and O–H groups in total. The van der Waals surface area contributed by atoms with Crippen molar-refractivity contribution in [2.75, 3.05) is 6.61 Å². The van der Waals surface area contributed by atoms with Gasteiger partial charge >= 0.3 is 0 Å². The standard InChI is InChI=1S/C21H17ClN4O3S/c1-13-6-8-14(9-7-13)20-25-26-19(28)10-15(24-21(26)30-20)11-23-18(27)12-29-17-5-3-2-4-16(17)22/h2-10H,11-12H2,1H3,(H,23,27). The summed E-state index contributed by atoms with van der Waals surface area (Å²) in [5.74, 6) is 0.0852. The maximum Gasteiger partial charge on any atom is 0.275 e. The molecule has 0 radical (unpaired) electrons. The fourth-order valence-corrected chi connectivity index (χ4v) is 3.82. The molecule has 0 spiro atoms. The highest BCUT2D eigenvalue weighted by Gasteiger charge is 2.12. The minimum Gasteiger partial charge on any atom is -0.482 e. The van der Waals surface area contributed by atoms with E-state index < -0.39 is 0 Å². The van der Waals surface area contributed by atoms with Crippen molar-refractivity contribution in [3.8, 4) is 16.3 Å². The first-order chi connectivity index (χ1) is 14.5. The topological polar surface area (TPSA) is 85.6 Å².